The molecular formula is C27H37F2N4O7P. The van der Waals surface area contributed by atoms with Gasteiger partial charge in [0, 0.05) is 37.5 Å². The van der Waals surface area contributed by atoms with Crippen LogP contribution >= 0.6 is 7.60 Å². The van der Waals surface area contributed by atoms with E-state index in [1.807, 2.05) is 0 Å². The lowest BCUT2D eigenvalue weighted by Gasteiger charge is -2.42. The number of hydrogen-bond acceptors (Lipinski definition) is 8. The molecule has 1 aromatic carbocycles. The van der Waals surface area contributed by atoms with Gasteiger partial charge in [-0.3, -0.25) is 24.3 Å². The Labute approximate surface area is 237 Å². The first kappa shape index (κ1) is 32.4. The number of pyridine rings is 1. The van der Waals surface area contributed by atoms with E-state index in [0.29, 0.717) is 18.9 Å². The highest BCUT2D eigenvalue weighted by Crippen LogP contribution is 2.47. The fourth-order valence-electron chi connectivity index (χ4n) is 5.05. The molecule has 0 spiro atoms. The van der Waals surface area contributed by atoms with Crippen LogP contribution in [0, 0.1) is 11.6 Å². The van der Waals surface area contributed by atoms with Gasteiger partial charge < -0.3 is 29.4 Å². The summed E-state index contributed by atoms with van der Waals surface area (Å²) in [6.07, 6.45) is 3.92. The number of hydrogen-bond donors (Lipinski definition) is 4. The number of nitrogens with zero attached hydrogens (tertiary/aromatic N) is 1. The number of aromatic nitrogens is 1. The second-order valence-corrected chi connectivity index (χ2v) is 11.7. The van der Waals surface area contributed by atoms with Gasteiger partial charge in [0.1, 0.15) is 17.2 Å². The Morgan fingerprint density at radius 1 is 1.15 bits per heavy atom. The van der Waals surface area contributed by atoms with Crippen molar-refractivity contribution in [1.82, 2.24) is 20.5 Å². The van der Waals surface area contributed by atoms with E-state index in [1.54, 1.807) is 20.8 Å². The molecule has 41 heavy (non-hydrogen) atoms. The monoisotopic (exact) mass is 598 g/mol. The largest absolute Gasteiger partial charge is 0.503 e. The van der Waals surface area contributed by atoms with Crippen LogP contribution in [0.25, 0.3) is 0 Å². The van der Waals surface area contributed by atoms with E-state index in [4.69, 9.17) is 9.05 Å². The maximum Gasteiger partial charge on any atom is 0.331 e. The third-order valence-corrected chi connectivity index (χ3v) is 9.04. The van der Waals surface area contributed by atoms with Crippen molar-refractivity contribution in [2.75, 3.05) is 32.5 Å². The van der Waals surface area contributed by atoms with Crippen molar-refractivity contribution in [2.24, 2.45) is 0 Å². The van der Waals surface area contributed by atoms with E-state index in [2.05, 4.69) is 15.6 Å². The van der Waals surface area contributed by atoms with E-state index in [-0.39, 0.29) is 50.3 Å². The van der Waals surface area contributed by atoms with Crippen molar-refractivity contribution in [3.05, 3.63) is 63.1 Å². The summed E-state index contributed by atoms with van der Waals surface area (Å²) in [6.45, 7) is 5.80. The van der Waals surface area contributed by atoms with Crippen LogP contribution in [0.1, 0.15) is 72.9 Å². The molecule has 0 aliphatic heterocycles. The molecule has 11 nitrogen and oxygen atoms in total. The molecule has 1 saturated carbocycles. The van der Waals surface area contributed by atoms with Crippen LogP contribution in [0.4, 0.5) is 8.78 Å². The number of halogens is 2. The topological polar surface area (TPSA) is 150 Å². The first-order chi connectivity index (χ1) is 19.5. The van der Waals surface area contributed by atoms with Crippen molar-refractivity contribution < 1.29 is 37.1 Å². The Bertz CT molecular complexity index is 1340. The fraction of sp³-hybridized carbons (Fsp3) is 0.519. The van der Waals surface area contributed by atoms with Crippen LogP contribution in [-0.2, 0) is 20.2 Å². The molecule has 1 aliphatic carbocycles. The predicted octanol–water partition coefficient (Wildman–Crippen LogP) is 3.88. The maximum absolute atomic E-state index is 13.9. The molecule has 0 atom stereocenters. The summed E-state index contributed by atoms with van der Waals surface area (Å²) in [7, 11) is -3.32. The molecule has 0 unspecified atom stereocenters. The molecular weight excluding hydrogens is 561 g/mol. The minimum atomic E-state index is -3.32. The van der Waals surface area contributed by atoms with Crippen LogP contribution in [0.5, 0.6) is 5.75 Å². The van der Waals surface area contributed by atoms with Gasteiger partial charge in [0.05, 0.1) is 25.0 Å². The molecule has 0 radical (unpaired) electrons. The van der Waals surface area contributed by atoms with Gasteiger partial charge in [-0.05, 0) is 52.5 Å². The molecule has 226 valence electrons. The summed E-state index contributed by atoms with van der Waals surface area (Å²) >= 11 is 0. The van der Waals surface area contributed by atoms with Crippen molar-refractivity contribution >= 4 is 19.4 Å². The minimum Gasteiger partial charge on any atom is -0.503 e. The SMILES string of the molecule is CCOP(=O)(CCNC1(N(CC)C(=O)c2[nH]cc(C(=O)NCc3ccc(F)cc3F)c(=O)c2O)CCCC1)OCC. The molecule has 4 N–H and O–H groups in total. The lowest BCUT2D eigenvalue weighted by Crippen LogP contribution is -2.60. The quantitative estimate of drug-likeness (QED) is 0.189. The van der Waals surface area contributed by atoms with Crippen LogP contribution in [0.2, 0.25) is 0 Å². The van der Waals surface area contributed by atoms with Gasteiger partial charge in [-0.1, -0.05) is 6.07 Å². The smallest absolute Gasteiger partial charge is 0.331 e. The van der Waals surface area contributed by atoms with Crippen LogP contribution in [0.3, 0.4) is 0 Å². The summed E-state index contributed by atoms with van der Waals surface area (Å²) in [5.74, 6) is -4.14. The van der Waals surface area contributed by atoms with E-state index in [0.717, 1.165) is 31.2 Å². The maximum atomic E-state index is 13.9. The number of aromatic amines is 1. The van der Waals surface area contributed by atoms with Crippen LogP contribution in [0.15, 0.2) is 29.2 Å². The molecule has 2 amide bonds. The molecule has 1 aliphatic rings. The van der Waals surface area contributed by atoms with Gasteiger partial charge in [0.25, 0.3) is 11.8 Å². The highest BCUT2D eigenvalue weighted by atomic mass is 31.2. The highest BCUT2D eigenvalue weighted by Gasteiger charge is 2.43. The highest BCUT2D eigenvalue weighted by molar-refractivity contribution is 7.53. The number of carbonyl (C=O) groups is 2. The third kappa shape index (κ3) is 7.59. The Morgan fingerprint density at radius 3 is 2.39 bits per heavy atom. The number of carbonyl (C=O) groups excluding carboxylic acids is 2. The van der Waals surface area contributed by atoms with E-state index in [1.165, 1.54) is 4.90 Å². The number of aromatic hydroxyl groups is 1. The Morgan fingerprint density at radius 2 is 1.80 bits per heavy atom. The van der Waals surface area contributed by atoms with Crippen molar-refractivity contribution in [3.8, 4) is 5.75 Å². The first-order valence-corrected chi connectivity index (χ1v) is 15.4. The first-order valence-electron chi connectivity index (χ1n) is 13.6. The van der Waals surface area contributed by atoms with E-state index >= 15 is 0 Å². The fourth-order valence-corrected chi connectivity index (χ4v) is 6.55. The Balaban J connectivity index is 1.78. The van der Waals surface area contributed by atoms with Crippen molar-refractivity contribution in [3.63, 3.8) is 0 Å². The second kappa shape index (κ2) is 14.2. The van der Waals surface area contributed by atoms with Crippen LogP contribution in [-0.4, -0.2) is 64.9 Å². The van der Waals surface area contributed by atoms with E-state index < -0.39 is 53.4 Å². The Kier molecular flexibility index (Phi) is 11.2. The van der Waals surface area contributed by atoms with E-state index in [9.17, 15) is 32.8 Å². The number of benzene rings is 1. The van der Waals surface area contributed by atoms with Gasteiger partial charge in [0.2, 0.25) is 5.43 Å². The number of H-pyrrole nitrogens is 1. The molecule has 0 bridgehead atoms. The molecule has 1 heterocycles. The molecule has 14 heteroatoms. The average molecular weight is 599 g/mol. The number of amides is 2. The molecule has 3 rings (SSSR count). The van der Waals surface area contributed by atoms with Gasteiger partial charge in [0.15, 0.2) is 11.4 Å². The summed E-state index contributed by atoms with van der Waals surface area (Å²) in [5.41, 5.74) is -2.78. The standard InChI is InChI=1S/C27H37F2N4O7P/c1-4-33(27(11-7-8-12-27)32-13-14-41(38,39-5-2)40-6-3)26(37)22-24(35)23(34)20(17-30-22)25(36)31-16-18-9-10-19(28)15-21(18)29/h9-10,15,17,32,35H,4-8,11-14,16H2,1-3H3,(H,30,34)(H,31,36). The lowest BCUT2D eigenvalue weighted by molar-refractivity contribution is 0.0385. The Hall–Kier alpha value is -3.12. The number of rotatable bonds is 14. The summed E-state index contributed by atoms with van der Waals surface area (Å²) in [5, 5.41) is 16.4. The minimum absolute atomic E-state index is 0.000912. The molecule has 1 fully saturated rings. The zero-order valence-corrected chi connectivity index (χ0v) is 24.3. The van der Waals surface area contributed by atoms with Gasteiger partial charge in [-0.2, -0.15) is 0 Å². The number of nitrogens with one attached hydrogen (secondary N) is 3. The average Bonchev–Trinajstić information content (AvgIpc) is 3.39. The lowest BCUT2D eigenvalue weighted by atomic mass is 10.0. The molecule has 2 aromatic rings. The summed E-state index contributed by atoms with van der Waals surface area (Å²) < 4.78 is 50.6. The normalized spacial score (nSPS) is 14.7. The zero-order chi connectivity index (χ0) is 30.2. The van der Waals surface area contributed by atoms with Gasteiger partial charge >= 0.3 is 7.60 Å². The zero-order valence-electron chi connectivity index (χ0n) is 23.4. The molecule has 0 saturated heterocycles. The van der Waals surface area contributed by atoms with Crippen molar-refractivity contribution in [2.45, 2.75) is 58.7 Å². The molecule has 1 aromatic heterocycles. The summed E-state index contributed by atoms with van der Waals surface area (Å²) in [4.78, 5) is 43.2. The van der Waals surface area contributed by atoms with Gasteiger partial charge in [-0.25, -0.2) is 8.78 Å². The van der Waals surface area contributed by atoms with Crippen molar-refractivity contribution in [1.29, 1.82) is 0 Å². The van der Waals surface area contributed by atoms with Gasteiger partial charge in [-0.15, -0.1) is 0 Å². The third-order valence-electron chi connectivity index (χ3n) is 6.97. The summed E-state index contributed by atoms with van der Waals surface area (Å²) in [6, 6.07) is 2.86. The second-order valence-electron chi connectivity index (χ2n) is 9.56. The predicted molar refractivity (Wildman–Crippen MR) is 148 cm³/mol. The van der Waals surface area contributed by atoms with Crippen LogP contribution < -0.4 is 16.1 Å².